The standard InChI is InChI=1S/C6H7BCl2N2O/c1-12-7-11-4-2-5(8)10-6(9)3-4/h2-3,7H,1H3,(H,10,11). The summed E-state index contributed by atoms with van der Waals surface area (Å²) >= 11 is 11.3. The summed E-state index contributed by atoms with van der Waals surface area (Å²) in [7, 11) is 2.01. The van der Waals surface area contributed by atoms with Crippen molar-refractivity contribution < 1.29 is 4.65 Å². The number of aromatic nitrogens is 1. The second-order valence-electron chi connectivity index (χ2n) is 2.11. The van der Waals surface area contributed by atoms with Crippen molar-refractivity contribution in [2.24, 2.45) is 0 Å². The molecular weight excluding hydrogens is 198 g/mol. The molecule has 1 rings (SSSR count). The van der Waals surface area contributed by atoms with E-state index in [1.54, 1.807) is 19.2 Å². The Labute approximate surface area is 81.3 Å². The molecule has 0 unspecified atom stereocenters. The molecule has 0 aromatic carbocycles. The molecule has 0 bridgehead atoms. The predicted molar refractivity (Wildman–Crippen MR) is 52.0 cm³/mol. The van der Waals surface area contributed by atoms with Crippen LogP contribution in [0.1, 0.15) is 0 Å². The summed E-state index contributed by atoms with van der Waals surface area (Å²) < 4.78 is 4.81. The molecule has 0 aliphatic carbocycles. The summed E-state index contributed by atoms with van der Waals surface area (Å²) in [5, 5.41) is 3.67. The van der Waals surface area contributed by atoms with Crippen LogP contribution in [0.5, 0.6) is 0 Å². The highest BCUT2D eigenvalue weighted by Gasteiger charge is 1.98. The van der Waals surface area contributed by atoms with E-state index in [1.165, 1.54) is 0 Å². The van der Waals surface area contributed by atoms with Gasteiger partial charge in [-0.3, -0.25) is 0 Å². The van der Waals surface area contributed by atoms with E-state index >= 15 is 0 Å². The van der Waals surface area contributed by atoms with Gasteiger partial charge in [-0.15, -0.1) is 0 Å². The molecule has 3 nitrogen and oxygen atoms in total. The Balaban J connectivity index is 2.72. The lowest BCUT2D eigenvalue weighted by molar-refractivity contribution is 0.446. The summed E-state index contributed by atoms with van der Waals surface area (Å²) in [6, 6.07) is 3.35. The van der Waals surface area contributed by atoms with Crippen LogP contribution in [0.3, 0.4) is 0 Å². The Bertz CT molecular complexity index is 251. The molecule has 0 saturated carbocycles. The zero-order valence-electron chi connectivity index (χ0n) is 6.47. The third-order valence-corrected chi connectivity index (χ3v) is 1.57. The first-order chi connectivity index (χ1) is 5.72. The molecule has 1 heterocycles. The van der Waals surface area contributed by atoms with Gasteiger partial charge in [0.05, 0.1) is 0 Å². The van der Waals surface area contributed by atoms with Crippen LogP contribution in [-0.4, -0.2) is 19.7 Å². The number of hydrogen-bond acceptors (Lipinski definition) is 3. The van der Waals surface area contributed by atoms with E-state index in [1.807, 2.05) is 0 Å². The Hall–Kier alpha value is -0.445. The van der Waals surface area contributed by atoms with Gasteiger partial charge >= 0.3 is 7.62 Å². The van der Waals surface area contributed by atoms with E-state index in [2.05, 4.69) is 10.2 Å². The molecule has 0 radical (unpaired) electrons. The van der Waals surface area contributed by atoms with Crippen LogP contribution in [0.4, 0.5) is 5.69 Å². The first-order valence-corrected chi connectivity index (χ1v) is 4.04. The van der Waals surface area contributed by atoms with Crippen molar-refractivity contribution in [3.63, 3.8) is 0 Å². The van der Waals surface area contributed by atoms with Gasteiger partial charge in [0, 0.05) is 12.8 Å². The van der Waals surface area contributed by atoms with Crippen molar-refractivity contribution in [2.75, 3.05) is 12.3 Å². The van der Waals surface area contributed by atoms with Crippen LogP contribution >= 0.6 is 23.2 Å². The van der Waals surface area contributed by atoms with Crippen molar-refractivity contribution in [1.82, 2.24) is 4.98 Å². The van der Waals surface area contributed by atoms with Crippen LogP contribution in [0.25, 0.3) is 0 Å². The summed E-state index contributed by atoms with van der Waals surface area (Å²) in [4.78, 5) is 3.79. The van der Waals surface area contributed by atoms with Crippen molar-refractivity contribution in [2.45, 2.75) is 0 Å². The fourth-order valence-corrected chi connectivity index (χ4v) is 1.18. The summed E-state index contributed by atoms with van der Waals surface area (Å²) in [6.07, 6.45) is 0. The van der Waals surface area contributed by atoms with Gasteiger partial charge in [-0.25, -0.2) is 4.98 Å². The summed E-state index contributed by atoms with van der Waals surface area (Å²) in [5.74, 6) is 0. The first kappa shape index (κ1) is 9.64. The van der Waals surface area contributed by atoms with Crippen molar-refractivity contribution in [1.29, 1.82) is 0 Å². The van der Waals surface area contributed by atoms with Crippen LogP contribution < -0.4 is 5.23 Å². The van der Waals surface area contributed by atoms with Gasteiger partial charge < -0.3 is 9.88 Å². The number of anilines is 1. The molecule has 6 heteroatoms. The Kier molecular flexibility index (Phi) is 3.65. The summed E-state index contributed by atoms with van der Waals surface area (Å²) in [6.45, 7) is 0. The van der Waals surface area contributed by atoms with Crippen molar-refractivity contribution in [3.8, 4) is 0 Å². The monoisotopic (exact) mass is 204 g/mol. The molecule has 0 spiro atoms. The smallest absolute Gasteiger partial charge is 0.393 e. The molecule has 1 aromatic rings. The highest BCUT2D eigenvalue weighted by atomic mass is 35.5. The van der Waals surface area contributed by atoms with Crippen LogP contribution in [0, 0.1) is 0 Å². The maximum Gasteiger partial charge on any atom is 0.393 e. The van der Waals surface area contributed by atoms with Crippen LogP contribution in [-0.2, 0) is 4.65 Å². The highest BCUT2D eigenvalue weighted by Crippen LogP contribution is 2.17. The third kappa shape index (κ3) is 2.89. The summed E-state index contributed by atoms with van der Waals surface area (Å²) in [5.41, 5.74) is 0.793. The van der Waals surface area contributed by atoms with E-state index in [4.69, 9.17) is 27.9 Å². The number of halogens is 2. The van der Waals surface area contributed by atoms with Crippen molar-refractivity contribution in [3.05, 3.63) is 22.4 Å². The minimum Gasteiger partial charge on any atom is -0.422 e. The zero-order valence-corrected chi connectivity index (χ0v) is 7.99. The van der Waals surface area contributed by atoms with Gasteiger partial charge in [-0.2, -0.15) is 0 Å². The fourth-order valence-electron chi connectivity index (χ4n) is 0.722. The minimum atomic E-state index is 0.362. The number of hydrogen-bond donors (Lipinski definition) is 1. The van der Waals surface area contributed by atoms with Gasteiger partial charge in [-0.1, -0.05) is 23.2 Å². The van der Waals surface area contributed by atoms with Gasteiger partial charge in [0.25, 0.3) is 0 Å². The Morgan fingerprint density at radius 2 is 2.00 bits per heavy atom. The van der Waals surface area contributed by atoms with E-state index < -0.39 is 0 Å². The topological polar surface area (TPSA) is 34.1 Å². The van der Waals surface area contributed by atoms with Gasteiger partial charge in [0.1, 0.15) is 10.3 Å². The number of nitrogens with zero attached hydrogens (tertiary/aromatic N) is 1. The lowest BCUT2D eigenvalue weighted by Crippen LogP contribution is -2.08. The van der Waals surface area contributed by atoms with Crippen molar-refractivity contribution >= 4 is 36.5 Å². The fraction of sp³-hybridized carbons (Fsp3) is 0.167. The normalized spacial score (nSPS) is 9.58. The Morgan fingerprint density at radius 3 is 2.50 bits per heavy atom. The second kappa shape index (κ2) is 4.55. The second-order valence-corrected chi connectivity index (χ2v) is 2.89. The maximum absolute atomic E-state index is 5.65. The number of pyridine rings is 1. The molecule has 0 saturated heterocycles. The third-order valence-electron chi connectivity index (χ3n) is 1.18. The van der Waals surface area contributed by atoms with Crippen LogP contribution in [0.15, 0.2) is 12.1 Å². The molecule has 1 N–H and O–H groups in total. The molecule has 64 valence electrons. The molecule has 0 aliphatic heterocycles. The quantitative estimate of drug-likeness (QED) is 0.602. The van der Waals surface area contributed by atoms with Gasteiger partial charge in [-0.05, 0) is 12.1 Å². The molecule has 0 atom stereocenters. The Morgan fingerprint density at radius 1 is 1.42 bits per heavy atom. The largest absolute Gasteiger partial charge is 0.422 e. The number of rotatable bonds is 3. The predicted octanol–water partition coefficient (Wildman–Crippen LogP) is 1.71. The van der Waals surface area contributed by atoms with Crippen LogP contribution in [0.2, 0.25) is 10.3 Å². The SMILES string of the molecule is COBNc1cc(Cl)nc(Cl)c1. The molecule has 0 aliphatic rings. The first-order valence-electron chi connectivity index (χ1n) is 3.28. The van der Waals surface area contributed by atoms with Gasteiger partial charge in [0.2, 0.25) is 0 Å². The van der Waals surface area contributed by atoms with E-state index in [9.17, 15) is 0 Å². The molecule has 0 fully saturated rings. The van der Waals surface area contributed by atoms with E-state index in [0.29, 0.717) is 17.9 Å². The average Bonchev–Trinajstić information content (AvgIpc) is 1.99. The minimum absolute atomic E-state index is 0.362. The van der Waals surface area contributed by atoms with Gasteiger partial charge in [0.15, 0.2) is 0 Å². The molecule has 1 aromatic heterocycles. The van der Waals surface area contributed by atoms with E-state index in [-0.39, 0.29) is 0 Å². The van der Waals surface area contributed by atoms with E-state index in [0.717, 1.165) is 5.69 Å². The highest BCUT2D eigenvalue weighted by molar-refractivity contribution is 6.35. The lowest BCUT2D eigenvalue weighted by atomic mass is 10.2. The average molecular weight is 205 g/mol. The maximum atomic E-state index is 5.65. The molecular formula is C6H7BCl2N2O. The molecule has 0 amide bonds. The lowest BCUT2D eigenvalue weighted by Gasteiger charge is -2.03. The molecule has 12 heavy (non-hydrogen) atoms. The zero-order chi connectivity index (χ0) is 8.97. The number of nitrogens with one attached hydrogen (secondary N) is 1.